The molecule has 1 aromatic carbocycles. The Bertz CT molecular complexity index is 863. The number of carbonyl (C=O) groups excluding carboxylic acids is 2. The van der Waals surface area contributed by atoms with Crippen molar-refractivity contribution in [3.63, 3.8) is 0 Å². The van der Waals surface area contributed by atoms with Gasteiger partial charge in [-0.25, -0.2) is 0 Å². The van der Waals surface area contributed by atoms with Gasteiger partial charge in [0.25, 0.3) is 0 Å². The van der Waals surface area contributed by atoms with Crippen LogP contribution in [0.15, 0.2) is 24.4 Å². The molecule has 150 valence electrons. The average Bonchev–Trinajstić information content (AvgIpc) is 3.41. The molecular weight excluding hydrogens is 352 g/mol. The Hall–Kier alpha value is -2.18. The van der Waals surface area contributed by atoms with Crippen molar-refractivity contribution in [3.05, 3.63) is 35.5 Å². The van der Waals surface area contributed by atoms with E-state index in [1.54, 1.807) is 0 Å². The Morgan fingerprint density at radius 3 is 2.64 bits per heavy atom. The van der Waals surface area contributed by atoms with Crippen LogP contribution in [0.2, 0.25) is 0 Å². The average molecular weight is 383 g/mol. The van der Waals surface area contributed by atoms with Crippen LogP contribution in [0.3, 0.4) is 0 Å². The standard InChI is InChI=1S/C22H30N4O2/c1-3-16-5-4-6-18-19(13-23-21(16)18)20(27)14-25-9-11-26(12-10-25)15(2)22(28)24-17-7-8-17/h4-6,13,15,17,23H,3,7-12,14H2,1-2H3,(H,24,28). The minimum absolute atomic E-state index is 0.0977. The van der Waals surface area contributed by atoms with E-state index >= 15 is 0 Å². The lowest BCUT2D eigenvalue weighted by molar-refractivity contribution is -0.126. The Balaban J connectivity index is 1.33. The fourth-order valence-corrected chi connectivity index (χ4v) is 4.05. The zero-order chi connectivity index (χ0) is 19.7. The lowest BCUT2D eigenvalue weighted by atomic mass is 10.0. The van der Waals surface area contributed by atoms with Gasteiger partial charge < -0.3 is 10.3 Å². The summed E-state index contributed by atoms with van der Waals surface area (Å²) in [6.45, 7) is 7.81. The SMILES string of the molecule is CCc1cccc2c(C(=O)CN3CCN(C(C)C(=O)NC4CC4)CC3)c[nH]c12. The molecule has 6 heteroatoms. The van der Waals surface area contributed by atoms with E-state index in [0.717, 1.165) is 61.9 Å². The van der Waals surface area contributed by atoms with Crippen LogP contribution in [0, 0.1) is 0 Å². The van der Waals surface area contributed by atoms with Gasteiger partial charge in [0, 0.05) is 54.9 Å². The van der Waals surface area contributed by atoms with Crippen molar-refractivity contribution in [2.75, 3.05) is 32.7 Å². The van der Waals surface area contributed by atoms with Crippen molar-refractivity contribution in [2.24, 2.45) is 0 Å². The van der Waals surface area contributed by atoms with Gasteiger partial charge in [-0.15, -0.1) is 0 Å². The largest absolute Gasteiger partial charge is 0.360 e. The second-order valence-electron chi connectivity index (χ2n) is 8.09. The molecule has 0 bridgehead atoms. The second kappa shape index (κ2) is 8.05. The number of fused-ring (bicyclic) bond motifs is 1. The third-order valence-electron chi connectivity index (χ3n) is 6.11. The van der Waals surface area contributed by atoms with Gasteiger partial charge in [-0.05, 0) is 31.7 Å². The first kappa shape index (κ1) is 19.2. The van der Waals surface area contributed by atoms with Gasteiger partial charge in [0.1, 0.15) is 0 Å². The Kier molecular flexibility index (Phi) is 5.51. The minimum Gasteiger partial charge on any atom is -0.360 e. The molecular formula is C22H30N4O2. The first-order chi connectivity index (χ1) is 13.6. The molecule has 2 fully saturated rings. The molecule has 2 aromatic rings. The molecule has 1 amide bonds. The Morgan fingerprint density at radius 1 is 1.21 bits per heavy atom. The first-order valence-electron chi connectivity index (χ1n) is 10.5. The maximum atomic E-state index is 12.9. The molecule has 6 nitrogen and oxygen atoms in total. The highest BCUT2D eigenvalue weighted by Gasteiger charge is 2.30. The second-order valence-corrected chi connectivity index (χ2v) is 8.09. The lowest BCUT2D eigenvalue weighted by Gasteiger charge is -2.37. The fraction of sp³-hybridized carbons (Fsp3) is 0.545. The van der Waals surface area contributed by atoms with Crippen LogP contribution in [0.1, 0.15) is 42.6 Å². The number of hydrogen-bond donors (Lipinski definition) is 2. The third-order valence-corrected chi connectivity index (χ3v) is 6.11. The van der Waals surface area contributed by atoms with E-state index in [2.05, 4.69) is 33.1 Å². The van der Waals surface area contributed by atoms with E-state index in [1.807, 2.05) is 25.3 Å². The number of carbonyl (C=O) groups is 2. The Labute approximate surface area is 166 Å². The van der Waals surface area contributed by atoms with Gasteiger partial charge in [-0.2, -0.15) is 0 Å². The molecule has 1 aromatic heterocycles. The zero-order valence-corrected chi connectivity index (χ0v) is 16.8. The number of aryl methyl sites for hydroxylation is 1. The number of ketones is 1. The smallest absolute Gasteiger partial charge is 0.237 e. The zero-order valence-electron chi connectivity index (χ0n) is 16.8. The van der Waals surface area contributed by atoms with Crippen LogP contribution in [0.4, 0.5) is 0 Å². The van der Waals surface area contributed by atoms with Gasteiger partial charge in [-0.1, -0.05) is 25.1 Å². The van der Waals surface area contributed by atoms with Gasteiger partial charge >= 0.3 is 0 Å². The van der Waals surface area contributed by atoms with Crippen molar-refractivity contribution in [1.82, 2.24) is 20.1 Å². The molecule has 1 saturated heterocycles. The fourth-order valence-electron chi connectivity index (χ4n) is 4.05. The van der Waals surface area contributed by atoms with Crippen LogP contribution < -0.4 is 5.32 Å². The highest BCUT2D eigenvalue weighted by atomic mass is 16.2. The molecule has 2 heterocycles. The number of nitrogens with zero attached hydrogens (tertiary/aromatic N) is 2. The van der Waals surface area contributed by atoms with Gasteiger partial charge in [-0.3, -0.25) is 19.4 Å². The van der Waals surface area contributed by atoms with E-state index in [4.69, 9.17) is 0 Å². The van der Waals surface area contributed by atoms with Crippen molar-refractivity contribution in [2.45, 2.75) is 45.2 Å². The quantitative estimate of drug-likeness (QED) is 0.721. The molecule has 28 heavy (non-hydrogen) atoms. The summed E-state index contributed by atoms with van der Waals surface area (Å²) in [4.78, 5) is 32.9. The van der Waals surface area contributed by atoms with Gasteiger partial charge in [0.2, 0.25) is 5.91 Å². The van der Waals surface area contributed by atoms with Crippen molar-refractivity contribution in [3.8, 4) is 0 Å². The number of rotatable bonds is 7. The van der Waals surface area contributed by atoms with Crippen LogP contribution in [-0.2, 0) is 11.2 Å². The van der Waals surface area contributed by atoms with Crippen LogP contribution >= 0.6 is 0 Å². The molecule has 0 spiro atoms. The number of aromatic nitrogens is 1. The van der Waals surface area contributed by atoms with E-state index in [0.29, 0.717) is 12.6 Å². The molecule has 2 N–H and O–H groups in total. The highest BCUT2D eigenvalue weighted by Crippen LogP contribution is 2.23. The normalized spacial score (nSPS) is 19.6. The van der Waals surface area contributed by atoms with Crippen molar-refractivity contribution >= 4 is 22.6 Å². The molecule has 2 aliphatic rings. The maximum Gasteiger partial charge on any atom is 0.237 e. The lowest BCUT2D eigenvalue weighted by Crippen LogP contribution is -2.54. The topological polar surface area (TPSA) is 68.4 Å². The number of nitrogens with one attached hydrogen (secondary N) is 2. The van der Waals surface area contributed by atoms with Crippen LogP contribution in [-0.4, -0.2) is 71.3 Å². The predicted octanol–water partition coefficient (Wildman–Crippen LogP) is 2.20. The summed E-state index contributed by atoms with van der Waals surface area (Å²) < 4.78 is 0. The molecule has 0 radical (unpaired) electrons. The summed E-state index contributed by atoms with van der Waals surface area (Å²) in [6, 6.07) is 6.46. The highest BCUT2D eigenvalue weighted by molar-refractivity contribution is 6.09. The van der Waals surface area contributed by atoms with Gasteiger partial charge in [0.05, 0.1) is 12.6 Å². The van der Waals surface area contributed by atoms with E-state index in [9.17, 15) is 9.59 Å². The number of H-pyrrole nitrogens is 1. The van der Waals surface area contributed by atoms with Crippen molar-refractivity contribution < 1.29 is 9.59 Å². The summed E-state index contributed by atoms with van der Waals surface area (Å²) in [5, 5.41) is 4.11. The molecule has 1 aliphatic heterocycles. The number of para-hydroxylation sites is 1. The van der Waals surface area contributed by atoms with Crippen LogP contribution in [0.25, 0.3) is 10.9 Å². The molecule has 1 aliphatic carbocycles. The number of aromatic amines is 1. The van der Waals surface area contributed by atoms with Crippen molar-refractivity contribution in [1.29, 1.82) is 0 Å². The molecule has 1 atom stereocenters. The summed E-state index contributed by atoms with van der Waals surface area (Å²) in [6.07, 6.45) is 5.02. The number of benzene rings is 1. The Morgan fingerprint density at radius 2 is 1.96 bits per heavy atom. The van der Waals surface area contributed by atoms with Gasteiger partial charge in [0.15, 0.2) is 5.78 Å². The van der Waals surface area contributed by atoms with E-state index < -0.39 is 0 Å². The molecule has 1 saturated carbocycles. The molecule has 1 unspecified atom stereocenters. The minimum atomic E-state index is -0.0977. The number of piperazine rings is 1. The number of hydrogen-bond acceptors (Lipinski definition) is 4. The van der Waals surface area contributed by atoms with E-state index in [1.165, 1.54) is 5.56 Å². The maximum absolute atomic E-state index is 12.9. The predicted molar refractivity (Wildman–Crippen MR) is 111 cm³/mol. The van der Waals surface area contributed by atoms with E-state index in [-0.39, 0.29) is 17.7 Å². The number of Topliss-reactive ketones (excluding diaryl/α,β-unsaturated/α-hetero) is 1. The molecule has 4 rings (SSSR count). The summed E-state index contributed by atoms with van der Waals surface area (Å²) in [5.74, 6) is 0.296. The monoisotopic (exact) mass is 382 g/mol. The number of amides is 1. The third kappa shape index (κ3) is 3.98. The van der Waals surface area contributed by atoms with Crippen LogP contribution in [0.5, 0.6) is 0 Å². The summed E-state index contributed by atoms with van der Waals surface area (Å²) in [5.41, 5.74) is 3.10. The summed E-state index contributed by atoms with van der Waals surface area (Å²) >= 11 is 0. The first-order valence-corrected chi connectivity index (χ1v) is 10.5. The summed E-state index contributed by atoms with van der Waals surface area (Å²) in [7, 11) is 0.